The van der Waals surface area contributed by atoms with E-state index < -0.39 is 0 Å². The van der Waals surface area contributed by atoms with Crippen molar-refractivity contribution in [1.29, 1.82) is 0 Å². The average molecular weight is 449 g/mol. The minimum Gasteiger partial charge on any atom is -0.381 e. The van der Waals surface area contributed by atoms with Gasteiger partial charge in [-0.05, 0) is 33.1 Å². The average Bonchev–Trinajstić information content (AvgIpc) is 3.26. The van der Waals surface area contributed by atoms with Crippen molar-refractivity contribution in [1.82, 2.24) is 20.4 Å². The highest BCUT2D eigenvalue weighted by Crippen LogP contribution is 2.38. The van der Waals surface area contributed by atoms with Gasteiger partial charge in [-0.25, -0.2) is 0 Å². The molecule has 2 aliphatic rings. The summed E-state index contributed by atoms with van der Waals surface area (Å²) < 4.78 is 10.7. The molecule has 0 saturated carbocycles. The summed E-state index contributed by atoms with van der Waals surface area (Å²) in [4.78, 5) is 11.4. The highest BCUT2D eigenvalue weighted by molar-refractivity contribution is 14.0. The number of nitrogens with zero attached hydrogens (tertiary/aromatic N) is 4. The Balaban J connectivity index is 0.00000208. The first-order valence-electron chi connectivity index (χ1n) is 8.61. The first kappa shape index (κ1) is 19.4. The monoisotopic (exact) mass is 449 g/mol. The van der Waals surface area contributed by atoms with E-state index in [2.05, 4.69) is 27.3 Å². The lowest BCUT2D eigenvalue weighted by molar-refractivity contribution is 0.156. The minimum atomic E-state index is 0. The first-order chi connectivity index (χ1) is 11.2. The summed E-state index contributed by atoms with van der Waals surface area (Å²) in [6.07, 6.45) is 4.08. The van der Waals surface area contributed by atoms with E-state index in [-0.39, 0.29) is 24.0 Å². The predicted octanol–water partition coefficient (Wildman–Crippen LogP) is 2.01. The molecule has 1 aromatic heterocycles. The van der Waals surface area contributed by atoms with Crippen LogP contribution in [0.5, 0.6) is 0 Å². The molecule has 0 bridgehead atoms. The van der Waals surface area contributed by atoms with Gasteiger partial charge in [0.25, 0.3) is 0 Å². The summed E-state index contributed by atoms with van der Waals surface area (Å²) in [5, 5.41) is 7.23. The Morgan fingerprint density at radius 2 is 2.29 bits per heavy atom. The number of halogens is 1. The molecule has 0 aliphatic carbocycles. The molecule has 2 aliphatic heterocycles. The molecule has 3 rings (SSSR count). The van der Waals surface area contributed by atoms with Crippen LogP contribution in [0.25, 0.3) is 0 Å². The molecule has 1 atom stereocenters. The molecule has 7 nitrogen and oxygen atoms in total. The summed E-state index contributed by atoms with van der Waals surface area (Å²) >= 11 is 0. The van der Waals surface area contributed by atoms with Crippen LogP contribution in [0, 0.1) is 12.3 Å². The lowest BCUT2D eigenvalue weighted by Crippen LogP contribution is -2.41. The van der Waals surface area contributed by atoms with Crippen LogP contribution in [-0.4, -0.2) is 60.4 Å². The minimum absolute atomic E-state index is 0. The van der Waals surface area contributed by atoms with Gasteiger partial charge < -0.3 is 19.5 Å². The Morgan fingerprint density at radius 1 is 1.42 bits per heavy atom. The molecule has 1 spiro atoms. The van der Waals surface area contributed by atoms with Gasteiger partial charge in [-0.3, -0.25) is 4.99 Å². The number of aromatic nitrogens is 2. The van der Waals surface area contributed by atoms with Gasteiger partial charge in [-0.1, -0.05) is 5.16 Å². The number of guanidine groups is 1. The molecule has 1 unspecified atom stereocenters. The second-order valence-corrected chi connectivity index (χ2v) is 6.55. The van der Waals surface area contributed by atoms with E-state index in [9.17, 15) is 0 Å². The number of ether oxygens (including phenoxy) is 1. The number of aryl methyl sites for hydroxylation is 2. The molecule has 3 heterocycles. The van der Waals surface area contributed by atoms with E-state index in [0.29, 0.717) is 17.1 Å². The summed E-state index contributed by atoms with van der Waals surface area (Å²) in [5.74, 6) is 2.42. The van der Waals surface area contributed by atoms with Crippen molar-refractivity contribution >= 4 is 29.9 Å². The van der Waals surface area contributed by atoms with E-state index in [0.717, 1.165) is 58.2 Å². The van der Waals surface area contributed by atoms with Crippen LogP contribution >= 0.6 is 24.0 Å². The van der Waals surface area contributed by atoms with Gasteiger partial charge in [0.05, 0.1) is 6.61 Å². The molecule has 8 heteroatoms. The largest absolute Gasteiger partial charge is 0.381 e. The maximum Gasteiger partial charge on any atom is 0.226 e. The van der Waals surface area contributed by atoms with Gasteiger partial charge in [0, 0.05) is 44.6 Å². The third-order valence-electron chi connectivity index (χ3n) is 4.64. The Bertz CT molecular complexity index is 542. The molecule has 2 fully saturated rings. The van der Waals surface area contributed by atoms with Crippen molar-refractivity contribution in [3.8, 4) is 0 Å². The molecule has 1 N–H and O–H groups in total. The number of hydrogen-bond acceptors (Lipinski definition) is 5. The van der Waals surface area contributed by atoms with E-state index in [1.165, 1.54) is 12.8 Å². The van der Waals surface area contributed by atoms with Gasteiger partial charge >= 0.3 is 0 Å². The van der Waals surface area contributed by atoms with Crippen LogP contribution in [0.2, 0.25) is 0 Å². The zero-order chi connectivity index (χ0) is 16.1. The van der Waals surface area contributed by atoms with Crippen LogP contribution in [0.4, 0.5) is 0 Å². The fourth-order valence-corrected chi connectivity index (χ4v) is 3.37. The molecule has 0 radical (unpaired) electrons. The Labute approximate surface area is 160 Å². The first-order valence-corrected chi connectivity index (χ1v) is 8.61. The van der Waals surface area contributed by atoms with Crippen LogP contribution in [-0.2, 0) is 11.2 Å². The zero-order valence-electron chi connectivity index (χ0n) is 14.6. The standard InChI is InChI=1S/C16H27N5O2.HI/c1-3-17-15(18-8-4-5-14-19-13(2)20-23-14)21-9-6-16(11-21)7-10-22-12-16;/h3-12H2,1-2H3,(H,17,18);1H. The maximum absolute atomic E-state index is 5.61. The molecule has 24 heavy (non-hydrogen) atoms. The highest BCUT2D eigenvalue weighted by Gasteiger charge is 2.42. The van der Waals surface area contributed by atoms with E-state index in [4.69, 9.17) is 14.3 Å². The van der Waals surface area contributed by atoms with Crippen molar-refractivity contribution < 1.29 is 9.26 Å². The van der Waals surface area contributed by atoms with Crippen molar-refractivity contribution in [3.05, 3.63) is 11.7 Å². The normalized spacial score (nSPS) is 23.8. The third kappa shape index (κ3) is 4.81. The topological polar surface area (TPSA) is 75.8 Å². The number of rotatable bonds is 5. The quantitative estimate of drug-likeness (QED) is 0.321. The smallest absolute Gasteiger partial charge is 0.226 e. The molecule has 0 aromatic carbocycles. The van der Waals surface area contributed by atoms with Crippen molar-refractivity contribution in [2.45, 2.75) is 39.5 Å². The fourth-order valence-electron chi connectivity index (χ4n) is 3.37. The van der Waals surface area contributed by atoms with E-state index >= 15 is 0 Å². The Morgan fingerprint density at radius 3 is 2.96 bits per heavy atom. The molecule has 2 saturated heterocycles. The van der Waals surface area contributed by atoms with Crippen LogP contribution < -0.4 is 5.32 Å². The number of hydrogen-bond donors (Lipinski definition) is 1. The van der Waals surface area contributed by atoms with Crippen molar-refractivity contribution in [3.63, 3.8) is 0 Å². The fraction of sp³-hybridized carbons (Fsp3) is 0.812. The van der Waals surface area contributed by atoms with Gasteiger partial charge in [0.2, 0.25) is 5.89 Å². The van der Waals surface area contributed by atoms with E-state index in [1.54, 1.807) is 0 Å². The third-order valence-corrected chi connectivity index (χ3v) is 4.64. The van der Waals surface area contributed by atoms with Crippen LogP contribution in [0.15, 0.2) is 9.52 Å². The summed E-state index contributed by atoms with van der Waals surface area (Å²) in [6, 6.07) is 0. The van der Waals surface area contributed by atoms with Crippen molar-refractivity contribution in [2.75, 3.05) is 39.4 Å². The molecular weight excluding hydrogens is 421 g/mol. The molecule has 0 amide bonds. The molecule has 136 valence electrons. The molecular formula is C16H28IN5O2. The Kier molecular flexibility index (Phi) is 7.27. The predicted molar refractivity (Wildman–Crippen MR) is 103 cm³/mol. The zero-order valence-corrected chi connectivity index (χ0v) is 16.9. The maximum atomic E-state index is 5.61. The van der Waals surface area contributed by atoms with Gasteiger partial charge in [0.15, 0.2) is 11.8 Å². The SMILES string of the molecule is CCNC(=NCCCc1nc(C)no1)N1CCC2(CCOC2)C1.I. The number of nitrogens with one attached hydrogen (secondary N) is 1. The highest BCUT2D eigenvalue weighted by atomic mass is 127. The van der Waals surface area contributed by atoms with Gasteiger partial charge in [0.1, 0.15) is 0 Å². The second-order valence-electron chi connectivity index (χ2n) is 6.55. The molecule has 1 aromatic rings. The number of likely N-dealkylation sites (tertiary alicyclic amines) is 1. The van der Waals surface area contributed by atoms with Gasteiger partial charge in [-0.15, -0.1) is 24.0 Å². The summed E-state index contributed by atoms with van der Waals surface area (Å²) in [6.45, 7) is 9.54. The van der Waals surface area contributed by atoms with E-state index in [1.807, 2.05) is 6.92 Å². The lowest BCUT2D eigenvalue weighted by atomic mass is 9.87. The van der Waals surface area contributed by atoms with Crippen molar-refractivity contribution in [2.24, 2.45) is 10.4 Å². The van der Waals surface area contributed by atoms with Gasteiger partial charge in [-0.2, -0.15) is 4.98 Å². The lowest BCUT2D eigenvalue weighted by Gasteiger charge is -2.24. The Hall–Kier alpha value is -0.900. The summed E-state index contributed by atoms with van der Waals surface area (Å²) in [7, 11) is 0. The summed E-state index contributed by atoms with van der Waals surface area (Å²) in [5.41, 5.74) is 0.359. The number of aliphatic imine (C=N–C) groups is 1. The second kappa shape index (κ2) is 8.98. The van der Waals surface area contributed by atoms with Crippen LogP contribution in [0.3, 0.4) is 0 Å². The van der Waals surface area contributed by atoms with Crippen LogP contribution in [0.1, 0.15) is 37.9 Å².